The first-order chi connectivity index (χ1) is 11.7. The van der Waals surface area contributed by atoms with Crippen LogP contribution in [0.15, 0.2) is 24.3 Å². The van der Waals surface area contributed by atoms with Crippen LogP contribution in [0.1, 0.15) is 48.7 Å². The van der Waals surface area contributed by atoms with Crippen molar-refractivity contribution in [1.29, 1.82) is 0 Å². The number of nitrogens with zero attached hydrogens (tertiary/aromatic N) is 2. The molecule has 1 aromatic carbocycles. The Morgan fingerprint density at radius 2 is 2.21 bits per heavy atom. The van der Waals surface area contributed by atoms with Crippen LogP contribution in [0.3, 0.4) is 0 Å². The van der Waals surface area contributed by atoms with Gasteiger partial charge in [0, 0.05) is 18.4 Å². The zero-order valence-corrected chi connectivity index (χ0v) is 14.7. The van der Waals surface area contributed by atoms with E-state index in [1.807, 2.05) is 12.1 Å². The summed E-state index contributed by atoms with van der Waals surface area (Å²) in [6.07, 6.45) is 6.31. The van der Waals surface area contributed by atoms with Crippen LogP contribution in [0, 0.1) is 0 Å². The number of hydrogen-bond donors (Lipinski definition) is 1. The molecule has 6 heteroatoms. The van der Waals surface area contributed by atoms with E-state index in [1.54, 1.807) is 6.08 Å². The van der Waals surface area contributed by atoms with Gasteiger partial charge in [-0.2, -0.15) is 0 Å². The first-order valence-electron chi connectivity index (χ1n) is 8.27. The second-order valence-electron chi connectivity index (χ2n) is 5.75. The quantitative estimate of drug-likeness (QED) is 0.804. The lowest BCUT2D eigenvalue weighted by atomic mass is 10.1. The van der Waals surface area contributed by atoms with Gasteiger partial charge in [0.05, 0.1) is 6.61 Å². The molecule has 0 spiro atoms. The molecule has 2 heterocycles. The number of ether oxygens (including phenoxy) is 1. The van der Waals surface area contributed by atoms with Crippen molar-refractivity contribution in [3.05, 3.63) is 40.4 Å². The Kier molecular flexibility index (Phi) is 5.25. The second-order valence-corrected chi connectivity index (χ2v) is 6.76. The van der Waals surface area contributed by atoms with Crippen molar-refractivity contribution in [2.75, 3.05) is 11.9 Å². The minimum Gasteiger partial charge on any atom is -0.493 e. The van der Waals surface area contributed by atoms with E-state index >= 15 is 0 Å². The molecule has 0 saturated heterocycles. The number of carbonyl (C=O) groups excluding carboxylic acids is 1. The summed E-state index contributed by atoms with van der Waals surface area (Å²) in [5, 5.41) is 12.6. The summed E-state index contributed by atoms with van der Waals surface area (Å²) in [4.78, 5) is 12.1. The van der Waals surface area contributed by atoms with Gasteiger partial charge in [-0.3, -0.25) is 10.1 Å². The Balaban J connectivity index is 1.61. The maximum Gasteiger partial charge on any atom is 0.250 e. The molecule has 1 amide bonds. The summed E-state index contributed by atoms with van der Waals surface area (Å²) in [6.45, 7) is 5.01. The van der Waals surface area contributed by atoms with E-state index in [0.29, 0.717) is 11.0 Å². The third-order valence-corrected chi connectivity index (χ3v) is 5.15. The van der Waals surface area contributed by atoms with Crippen LogP contribution >= 0.6 is 11.3 Å². The van der Waals surface area contributed by atoms with Crippen molar-refractivity contribution in [3.63, 3.8) is 0 Å². The highest BCUT2D eigenvalue weighted by Crippen LogP contribution is 2.28. The number of aromatic nitrogens is 2. The summed E-state index contributed by atoms with van der Waals surface area (Å²) >= 11 is 1.45. The van der Waals surface area contributed by atoms with Gasteiger partial charge in [-0.25, -0.2) is 0 Å². The minimum atomic E-state index is -0.195. The van der Waals surface area contributed by atoms with Crippen LogP contribution < -0.4 is 10.1 Å². The first-order valence-corrected chi connectivity index (χ1v) is 9.09. The lowest BCUT2D eigenvalue weighted by Crippen LogP contribution is -2.07. The van der Waals surface area contributed by atoms with Gasteiger partial charge in [0.15, 0.2) is 0 Å². The number of anilines is 1. The van der Waals surface area contributed by atoms with Crippen LogP contribution in [-0.2, 0) is 11.2 Å². The lowest BCUT2D eigenvalue weighted by Gasteiger charge is -2.05. The van der Waals surface area contributed by atoms with E-state index in [9.17, 15) is 4.79 Å². The normalized spacial score (nSPS) is 13.3. The van der Waals surface area contributed by atoms with Gasteiger partial charge in [-0.15, -0.1) is 10.2 Å². The number of nitrogens with one attached hydrogen (secondary N) is 1. The van der Waals surface area contributed by atoms with Crippen molar-refractivity contribution in [2.24, 2.45) is 0 Å². The topological polar surface area (TPSA) is 64.1 Å². The van der Waals surface area contributed by atoms with Crippen molar-refractivity contribution in [2.45, 2.75) is 39.0 Å². The molecule has 126 valence electrons. The fraction of sp³-hybridized carbons (Fsp3) is 0.389. The molecule has 0 atom stereocenters. The van der Waals surface area contributed by atoms with Gasteiger partial charge in [0.25, 0.3) is 0 Å². The maximum atomic E-state index is 12.1. The number of rotatable bonds is 6. The largest absolute Gasteiger partial charge is 0.493 e. The highest BCUT2D eigenvalue weighted by Gasteiger charge is 2.14. The fourth-order valence-corrected chi connectivity index (χ4v) is 3.73. The average molecular weight is 343 g/mol. The number of benzene rings is 1. The monoisotopic (exact) mass is 343 g/mol. The average Bonchev–Trinajstić information content (AvgIpc) is 3.23. The molecule has 0 unspecified atom stereocenters. The molecule has 3 rings (SSSR count). The molecule has 0 radical (unpaired) electrons. The maximum absolute atomic E-state index is 12.1. The summed E-state index contributed by atoms with van der Waals surface area (Å²) in [7, 11) is 0. The molecule has 0 aliphatic carbocycles. The molecule has 1 N–H and O–H groups in total. The third kappa shape index (κ3) is 3.82. The van der Waals surface area contributed by atoms with Gasteiger partial charge >= 0.3 is 0 Å². The van der Waals surface area contributed by atoms with Gasteiger partial charge in [0.1, 0.15) is 10.8 Å². The zero-order valence-electron chi connectivity index (χ0n) is 13.9. The second kappa shape index (κ2) is 7.57. The molecule has 1 aliphatic heterocycles. The number of fused-ring (bicyclic) bond motifs is 1. The fourth-order valence-electron chi connectivity index (χ4n) is 2.72. The highest BCUT2D eigenvalue weighted by molar-refractivity contribution is 7.15. The van der Waals surface area contributed by atoms with Crippen molar-refractivity contribution < 1.29 is 9.53 Å². The molecule has 2 aromatic rings. The highest BCUT2D eigenvalue weighted by atomic mass is 32.1. The van der Waals surface area contributed by atoms with Crippen LogP contribution in [0.25, 0.3) is 6.08 Å². The summed E-state index contributed by atoms with van der Waals surface area (Å²) in [5.41, 5.74) is 2.18. The van der Waals surface area contributed by atoms with Crippen molar-refractivity contribution >= 4 is 28.5 Å². The number of amides is 1. The Labute approximate surface area is 145 Å². The summed E-state index contributed by atoms with van der Waals surface area (Å²) < 4.78 is 5.48. The van der Waals surface area contributed by atoms with E-state index < -0.39 is 0 Å². The van der Waals surface area contributed by atoms with Crippen molar-refractivity contribution in [1.82, 2.24) is 10.2 Å². The summed E-state index contributed by atoms with van der Waals surface area (Å²) in [5.74, 6) is 1.16. The molecule has 0 fully saturated rings. The Bertz CT molecular complexity index is 750. The van der Waals surface area contributed by atoms with E-state index in [2.05, 4.69) is 35.4 Å². The van der Waals surface area contributed by atoms with Gasteiger partial charge in [-0.05, 0) is 42.2 Å². The van der Waals surface area contributed by atoms with Crippen LogP contribution in [0.2, 0.25) is 0 Å². The first kappa shape index (κ1) is 16.6. The molecule has 24 heavy (non-hydrogen) atoms. The summed E-state index contributed by atoms with van der Waals surface area (Å²) in [6, 6.07) is 5.96. The molecule has 5 nitrogen and oxygen atoms in total. The van der Waals surface area contributed by atoms with Gasteiger partial charge in [0.2, 0.25) is 11.0 Å². The van der Waals surface area contributed by atoms with E-state index in [4.69, 9.17) is 4.74 Å². The number of hydrogen-bond acceptors (Lipinski definition) is 5. The van der Waals surface area contributed by atoms with Crippen LogP contribution in [0.5, 0.6) is 5.75 Å². The SMILES string of the molecule is CCC(CC)c1nnc(NC(=O)/C=C/c2ccc3c(c2)CCO3)s1. The van der Waals surface area contributed by atoms with Gasteiger partial charge in [-0.1, -0.05) is 31.3 Å². The predicted molar refractivity (Wildman–Crippen MR) is 96.5 cm³/mol. The molecule has 0 saturated carbocycles. The molecule has 1 aromatic heterocycles. The molecular weight excluding hydrogens is 322 g/mol. The standard InChI is InChI=1S/C18H21N3O2S/c1-3-13(4-2)17-20-21-18(24-17)19-16(22)8-6-12-5-7-15-14(11-12)9-10-23-15/h5-8,11,13H,3-4,9-10H2,1-2H3,(H,19,21,22)/b8-6+. The van der Waals surface area contributed by atoms with Crippen LogP contribution in [0.4, 0.5) is 5.13 Å². The van der Waals surface area contributed by atoms with Crippen LogP contribution in [-0.4, -0.2) is 22.7 Å². The Morgan fingerprint density at radius 3 is 3.00 bits per heavy atom. The predicted octanol–water partition coefficient (Wildman–Crippen LogP) is 4.03. The molecule has 1 aliphatic rings. The van der Waals surface area contributed by atoms with Gasteiger partial charge < -0.3 is 4.74 Å². The Hall–Kier alpha value is -2.21. The molecule has 0 bridgehead atoms. The van der Waals surface area contributed by atoms with E-state index in [-0.39, 0.29) is 5.91 Å². The number of carbonyl (C=O) groups is 1. The van der Waals surface area contributed by atoms with Crippen molar-refractivity contribution in [3.8, 4) is 5.75 Å². The zero-order chi connectivity index (χ0) is 16.9. The molecular formula is C18H21N3O2S. The third-order valence-electron chi connectivity index (χ3n) is 4.15. The smallest absolute Gasteiger partial charge is 0.250 e. The van der Waals surface area contributed by atoms with E-state index in [1.165, 1.54) is 23.0 Å². The lowest BCUT2D eigenvalue weighted by molar-refractivity contribution is -0.111. The van der Waals surface area contributed by atoms with E-state index in [0.717, 1.165) is 42.2 Å². The Morgan fingerprint density at radius 1 is 1.38 bits per heavy atom. The minimum absolute atomic E-state index is 0.195.